The maximum Gasteiger partial charge on any atom is 0.143 e. The molecule has 2 unspecified atom stereocenters. The van der Waals surface area contributed by atoms with E-state index in [4.69, 9.17) is 0 Å². The molecule has 0 radical (unpaired) electrons. The van der Waals surface area contributed by atoms with E-state index in [2.05, 4.69) is 21.2 Å². The second-order valence-corrected chi connectivity index (χ2v) is 6.55. The Balaban J connectivity index is 1.87. The van der Waals surface area contributed by atoms with Gasteiger partial charge in [-0.25, -0.2) is 13.2 Å². The molecule has 0 saturated carbocycles. The lowest BCUT2D eigenvalue weighted by Crippen LogP contribution is -2.47. The van der Waals surface area contributed by atoms with Gasteiger partial charge in [-0.3, -0.25) is 0 Å². The van der Waals surface area contributed by atoms with Gasteiger partial charge in [0.1, 0.15) is 17.3 Å². The van der Waals surface area contributed by atoms with Gasteiger partial charge in [-0.05, 0) is 53.7 Å². The zero-order valence-electron chi connectivity index (χ0n) is 10.4. The van der Waals surface area contributed by atoms with Crippen molar-refractivity contribution in [2.75, 3.05) is 0 Å². The molecule has 1 aromatic carbocycles. The number of benzene rings is 1. The van der Waals surface area contributed by atoms with E-state index in [1.54, 1.807) is 0 Å². The van der Waals surface area contributed by atoms with E-state index in [1.807, 2.05) is 0 Å². The largest absolute Gasteiger partial charge is 0.311 e. The molecule has 1 nitrogen and oxygen atoms in total. The summed E-state index contributed by atoms with van der Waals surface area (Å²) in [6, 6.07) is 2.80. The molecule has 2 aliphatic rings. The van der Waals surface area contributed by atoms with E-state index in [0.29, 0.717) is 12.8 Å². The summed E-state index contributed by atoms with van der Waals surface area (Å²) in [6.07, 6.45) is 2.42. The normalized spacial score (nSPS) is 33.7. The molecule has 0 aliphatic carbocycles. The van der Waals surface area contributed by atoms with Crippen LogP contribution in [0.2, 0.25) is 0 Å². The zero-order chi connectivity index (χ0) is 13.6. The third-order valence-electron chi connectivity index (χ3n) is 4.19. The summed E-state index contributed by atoms with van der Waals surface area (Å²) in [6.45, 7) is 0. The number of hydrogen-bond acceptors (Lipinski definition) is 1. The summed E-state index contributed by atoms with van der Waals surface area (Å²) < 4.78 is 42.7. The SMILES string of the molecule is Fc1ccc(Br)c(F)c1CC1(F)CC2CCC(C1)N2. The Kier molecular flexibility index (Phi) is 3.38. The van der Waals surface area contributed by atoms with Gasteiger partial charge < -0.3 is 5.32 Å². The van der Waals surface area contributed by atoms with Crippen LogP contribution < -0.4 is 5.32 Å². The number of halogens is 4. The van der Waals surface area contributed by atoms with Crippen LogP contribution in [-0.2, 0) is 6.42 Å². The fourth-order valence-corrected chi connectivity index (χ4v) is 3.75. The Morgan fingerprint density at radius 3 is 2.47 bits per heavy atom. The molecule has 104 valence electrons. The lowest BCUT2D eigenvalue weighted by atomic mass is 9.84. The molecule has 2 fully saturated rings. The quantitative estimate of drug-likeness (QED) is 0.809. The van der Waals surface area contributed by atoms with Crippen LogP contribution >= 0.6 is 15.9 Å². The van der Waals surface area contributed by atoms with Crippen molar-refractivity contribution in [1.82, 2.24) is 5.32 Å². The Labute approximate surface area is 118 Å². The van der Waals surface area contributed by atoms with Crippen LogP contribution in [0, 0.1) is 11.6 Å². The van der Waals surface area contributed by atoms with E-state index in [-0.39, 0.29) is 28.5 Å². The van der Waals surface area contributed by atoms with Gasteiger partial charge in [0.15, 0.2) is 0 Å². The van der Waals surface area contributed by atoms with Crippen molar-refractivity contribution in [1.29, 1.82) is 0 Å². The second kappa shape index (κ2) is 4.77. The fraction of sp³-hybridized carbons (Fsp3) is 0.571. The molecule has 2 aliphatic heterocycles. The first kappa shape index (κ1) is 13.4. The zero-order valence-corrected chi connectivity index (χ0v) is 11.9. The number of rotatable bonds is 2. The Morgan fingerprint density at radius 1 is 1.21 bits per heavy atom. The van der Waals surface area contributed by atoms with Crippen LogP contribution in [0.3, 0.4) is 0 Å². The molecule has 2 atom stereocenters. The van der Waals surface area contributed by atoms with Crippen molar-refractivity contribution in [2.24, 2.45) is 0 Å². The van der Waals surface area contributed by atoms with Crippen molar-refractivity contribution in [3.8, 4) is 0 Å². The third kappa shape index (κ3) is 2.55. The molecule has 0 spiro atoms. The summed E-state index contributed by atoms with van der Waals surface area (Å²) in [5.41, 5.74) is -1.64. The van der Waals surface area contributed by atoms with Crippen LogP contribution in [0.15, 0.2) is 16.6 Å². The first-order valence-corrected chi connectivity index (χ1v) is 7.33. The number of alkyl halides is 1. The van der Waals surface area contributed by atoms with Crippen molar-refractivity contribution < 1.29 is 13.2 Å². The van der Waals surface area contributed by atoms with E-state index < -0.39 is 17.3 Å². The maximum atomic E-state index is 14.9. The molecular formula is C14H15BrF3N. The van der Waals surface area contributed by atoms with Gasteiger partial charge in [-0.2, -0.15) is 0 Å². The van der Waals surface area contributed by atoms with Crippen molar-refractivity contribution in [3.63, 3.8) is 0 Å². The van der Waals surface area contributed by atoms with Crippen molar-refractivity contribution >= 4 is 15.9 Å². The molecule has 0 amide bonds. The highest BCUT2D eigenvalue weighted by Gasteiger charge is 2.44. The average Bonchev–Trinajstić information content (AvgIpc) is 2.70. The molecule has 2 heterocycles. The minimum absolute atomic E-state index is 0.141. The molecule has 3 rings (SSSR count). The second-order valence-electron chi connectivity index (χ2n) is 5.70. The minimum Gasteiger partial charge on any atom is -0.311 e. The number of piperidine rings is 1. The molecular weight excluding hydrogens is 319 g/mol. The molecule has 5 heteroatoms. The standard InChI is InChI=1S/C14H15BrF3N/c15-11-3-4-12(16)10(13(11)17)7-14(18)5-8-1-2-9(6-14)19-8/h3-4,8-9,19H,1-2,5-7H2. The maximum absolute atomic E-state index is 14.9. The Bertz CT molecular complexity index is 494. The highest BCUT2D eigenvalue weighted by Crippen LogP contribution is 2.40. The summed E-state index contributed by atoms with van der Waals surface area (Å²) in [7, 11) is 0. The predicted molar refractivity (Wildman–Crippen MR) is 70.8 cm³/mol. The van der Waals surface area contributed by atoms with Gasteiger partial charge in [0.2, 0.25) is 0 Å². The van der Waals surface area contributed by atoms with Gasteiger partial charge in [0, 0.05) is 24.1 Å². The summed E-state index contributed by atoms with van der Waals surface area (Å²) in [5, 5.41) is 3.34. The summed E-state index contributed by atoms with van der Waals surface area (Å²) in [4.78, 5) is 0. The highest BCUT2D eigenvalue weighted by atomic mass is 79.9. The monoisotopic (exact) mass is 333 g/mol. The lowest BCUT2D eigenvalue weighted by Gasteiger charge is -2.35. The van der Waals surface area contributed by atoms with E-state index in [0.717, 1.165) is 12.8 Å². The summed E-state index contributed by atoms with van der Waals surface area (Å²) >= 11 is 3.02. The van der Waals surface area contributed by atoms with Gasteiger partial charge in [-0.1, -0.05) is 0 Å². The van der Waals surface area contributed by atoms with Crippen LogP contribution in [-0.4, -0.2) is 17.8 Å². The number of hydrogen-bond donors (Lipinski definition) is 1. The van der Waals surface area contributed by atoms with Crippen LogP contribution in [0.4, 0.5) is 13.2 Å². The van der Waals surface area contributed by atoms with Gasteiger partial charge in [0.25, 0.3) is 0 Å². The number of nitrogens with one attached hydrogen (secondary N) is 1. The molecule has 1 aromatic rings. The fourth-order valence-electron chi connectivity index (χ4n) is 3.38. The molecule has 1 N–H and O–H groups in total. The van der Waals surface area contributed by atoms with E-state index in [1.165, 1.54) is 12.1 Å². The number of fused-ring (bicyclic) bond motifs is 2. The molecule has 19 heavy (non-hydrogen) atoms. The van der Waals surface area contributed by atoms with E-state index in [9.17, 15) is 13.2 Å². The lowest BCUT2D eigenvalue weighted by molar-refractivity contribution is 0.0872. The first-order valence-electron chi connectivity index (χ1n) is 6.54. The van der Waals surface area contributed by atoms with Gasteiger partial charge >= 0.3 is 0 Å². The average molecular weight is 334 g/mol. The summed E-state index contributed by atoms with van der Waals surface area (Å²) in [5.74, 6) is -1.34. The molecule has 2 bridgehead atoms. The smallest absolute Gasteiger partial charge is 0.143 e. The minimum atomic E-state index is -1.50. The topological polar surface area (TPSA) is 12.0 Å². The van der Waals surface area contributed by atoms with Crippen LogP contribution in [0.5, 0.6) is 0 Å². The molecule has 2 saturated heterocycles. The van der Waals surface area contributed by atoms with Gasteiger partial charge in [-0.15, -0.1) is 0 Å². The van der Waals surface area contributed by atoms with Crippen molar-refractivity contribution in [3.05, 3.63) is 33.8 Å². The van der Waals surface area contributed by atoms with Crippen LogP contribution in [0.1, 0.15) is 31.2 Å². The first-order chi connectivity index (χ1) is 8.97. The van der Waals surface area contributed by atoms with Crippen LogP contribution in [0.25, 0.3) is 0 Å². The van der Waals surface area contributed by atoms with Gasteiger partial charge in [0.05, 0.1) is 4.47 Å². The van der Waals surface area contributed by atoms with E-state index >= 15 is 0 Å². The third-order valence-corrected chi connectivity index (χ3v) is 4.80. The predicted octanol–water partition coefficient (Wildman–Crippen LogP) is 3.89. The molecule has 0 aromatic heterocycles. The highest BCUT2D eigenvalue weighted by molar-refractivity contribution is 9.10. The Morgan fingerprint density at radius 2 is 1.84 bits per heavy atom. The Hall–Kier alpha value is -0.550. The van der Waals surface area contributed by atoms with Crippen molar-refractivity contribution in [2.45, 2.75) is 49.9 Å².